The topological polar surface area (TPSA) is 51.1 Å². The summed E-state index contributed by atoms with van der Waals surface area (Å²) in [5.74, 6) is -0.248. The van der Waals surface area contributed by atoms with E-state index in [4.69, 9.17) is 9.47 Å². The summed E-state index contributed by atoms with van der Waals surface area (Å²) in [5.41, 5.74) is 0.0864. The van der Waals surface area contributed by atoms with Gasteiger partial charge in [-0.05, 0) is 19.8 Å². The van der Waals surface area contributed by atoms with Crippen molar-refractivity contribution in [1.29, 1.82) is 0 Å². The number of rotatable bonds is 3. The minimum absolute atomic E-state index is 0.0177. The maximum absolute atomic E-state index is 10.8. The van der Waals surface area contributed by atoms with Crippen LogP contribution in [0.25, 0.3) is 0 Å². The Morgan fingerprint density at radius 3 is 3.06 bits per heavy atom. The second-order valence-corrected chi connectivity index (χ2v) is 5.68. The molecular weight excluding hydrogens is 252 g/mol. The minimum atomic E-state index is -0.248. The van der Waals surface area contributed by atoms with Crippen LogP contribution < -0.4 is 0 Å². The largest absolute Gasteiger partial charge is 0.463 e. The monoisotopic (exact) mass is 272 g/mol. The molecule has 0 aromatic heterocycles. The van der Waals surface area contributed by atoms with E-state index < -0.39 is 0 Å². The molecule has 102 valence electrons. The number of hydrogen-bond donors (Lipinski definition) is 0. The van der Waals surface area contributed by atoms with Crippen LogP contribution in [0.5, 0.6) is 0 Å². The molecule has 6 heteroatoms. The maximum Gasteiger partial charge on any atom is 0.302 e. The fourth-order valence-corrected chi connectivity index (χ4v) is 3.29. The zero-order chi connectivity index (χ0) is 13.1. The SMILES string of the molecule is CCN(C)C1=N[C@@H]2CC[C@H](COC(C)=O)O[C@@H]2S1. The molecule has 0 aliphatic carbocycles. The van der Waals surface area contributed by atoms with Crippen molar-refractivity contribution in [2.45, 2.75) is 44.3 Å². The molecule has 2 aliphatic rings. The lowest BCUT2D eigenvalue weighted by atomic mass is 10.1. The number of amidine groups is 1. The Labute approximate surface area is 112 Å². The van der Waals surface area contributed by atoms with Crippen molar-refractivity contribution in [3.63, 3.8) is 0 Å². The van der Waals surface area contributed by atoms with Crippen LogP contribution in [0.3, 0.4) is 0 Å². The Hall–Kier alpha value is -0.750. The third-order valence-electron chi connectivity index (χ3n) is 3.20. The van der Waals surface area contributed by atoms with Crippen molar-refractivity contribution in [2.24, 2.45) is 4.99 Å². The lowest BCUT2D eigenvalue weighted by Gasteiger charge is -2.30. The zero-order valence-electron chi connectivity index (χ0n) is 11.1. The highest BCUT2D eigenvalue weighted by Crippen LogP contribution is 2.36. The molecule has 0 aromatic carbocycles. The third-order valence-corrected chi connectivity index (χ3v) is 4.48. The summed E-state index contributed by atoms with van der Waals surface area (Å²) in [6, 6.07) is 0.257. The molecule has 0 aromatic rings. The van der Waals surface area contributed by atoms with Crippen LogP contribution in [-0.2, 0) is 14.3 Å². The Morgan fingerprint density at radius 2 is 2.39 bits per heavy atom. The fourth-order valence-electron chi connectivity index (χ4n) is 2.01. The first kappa shape index (κ1) is 13.7. The summed E-state index contributed by atoms with van der Waals surface area (Å²) in [5, 5.41) is 1.06. The van der Waals surface area contributed by atoms with Crippen LogP contribution in [0, 0.1) is 0 Å². The highest BCUT2D eigenvalue weighted by atomic mass is 32.2. The molecule has 0 spiro atoms. The van der Waals surface area contributed by atoms with Gasteiger partial charge in [-0.1, -0.05) is 11.8 Å². The van der Waals surface area contributed by atoms with E-state index in [2.05, 4.69) is 16.8 Å². The van der Waals surface area contributed by atoms with Gasteiger partial charge < -0.3 is 14.4 Å². The predicted molar refractivity (Wildman–Crippen MR) is 71.6 cm³/mol. The lowest BCUT2D eigenvalue weighted by Crippen LogP contribution is -2.36. The van der Waals surface area contributed by atoms with Gasteiger partial charge in [-0.25, -0.2) is 0 Å². The molecule has 0 saturated carbocycles. The highest BCUT2D eigenvalue weighted by molar-refractivity contribution is 8.14. The molecule has 0 N–H and O–H groups in total. The molecular formula is C12H20N2O3S. The van der Waals surface area contributed by atoms with E-state index in [0.717, 1.165) is 24.6 Å². The first-order chi connectivity index (χ1) is 8.60. The van der Waals surface area contributed by atoms with Crippen molar-refractivity contribution in [1.82, 2.24) is 4.90 Å². The van der Waals surface area contributed by atoms with E-state index in [1.165, 1.54) is 6.92 Å². The lowest BCUT2D eigenvalue weighted by molar-refractivity contribution is -0.147. The molecule has 2 rings (SSSR count). The molecule has 18 heavy (non-hydrogen) atoms. The second-order valence-electron chi connectivity index (χ2n) is 4.62. The highest BCUT2D eigenvalue weighted by Gasteiger charge is 2.38. The number of aliphatic imine (C=N–C) groups is 1. The number of thioether (sulfide) groups is 1. The Balaban J connectivity index is 1.85. The fraction of sp³-hybridized carbons (Fsp3) is 0.833. The van der Waals surface area contributed by atoms with Crippen LogP contribution in [0.1, 0.15) is 26.7 Å². The normalized spacial score (nSPS) is 30.6. The van der Waals surface area contributed by atoms with Gasteiger partial charge in [-0.2, -0.15) is 0 Å². The van der Waals surface area contributed by atoms with Crippen molar-refractivity contribution in [3.05, 3.63) is 0 Å². The quantitative estimate of drug-likeness (QED) is 0.728. The smallest absolute Gasteiger partial charge is 0.302 e. The first-order valence-corrected chi connectivity index (χ1v) is 7.22. The average Bonchev–Trinajstić information content (AvgIpc) is 2.78. The summed E-state index contributed by atoms with van der Waals surface area (Å²) < 4.78 is 10.9. The molecule has 3 atom stereocenters. The third kappa shape index (κ3) is 3.17. The number of carbonyl (C=O) groups excluding carboxylic acids is 1. The molecule has 1 saturated heterocycles. The Kier molecular flexibility index (Phi) is 4.50. The summed E-state index contributed by atoms with van der Waals surface area (Å²) in [7, 11) is 2.04. The van der Waals surface area contributed by atoms with Crippen LogP contribution in [0.15, 0.2) is 4.99 Å². The Bertz CT molecular complexity index is 348. The van der Waals surface area contributed by atoms with E-state index >= 15 is 0 Å². The van der Waals surface area contributed by atoms with E-state index in [1.54, 1.807) is 11.8 Å². The van der Waals surface area contributed by atoms with Gasteiger partial charge in [0.2, 0.25) is 0 Å². The van der Waals surface area contributed by atoms with Crippen LogP contribution >= 0.6 is 11.8 Å². The van der Waals surface area contributed by atoms with Crippen molar-refractivity contribution in [2.75, 3.05) is 20.2 Å². The number of esters is 1. The maximum atomic E-state index is 10.8. The van der Waals surface area contributed by atoms with Gasteiger partial charge in [0.1, 0.15) is 12.0 Å². The van der Waals surface area contributed by atoms with E-state index in [1.807, 2.05) is 7.05 Å². The number of carbonyl (C=O) groups is 1. The Morgan fingerprint density at radius 1 is 1.61 bits per heavy atom. The summed E-state index contributed by atoms with van der Waals surface area (Å²) in [6.45, 7) is 4.84. The van der Waals surface area contributed by atoms with Gasteiger partial charge in [0.25, 0.3) is 0 Å². The van der Waals surface area contributed by atoms with E-state index in [0.29, 0.717) is 6.61 Å². The number of hydrogen-bond acceptors (Lipinski definition) is 6. The van der Waals surface area contributed by atoms with Crippen molar-refractivity contribution < 1.29 is 14.3 Å². The number of ether oxygens (including phenoxy) is 2. The van der Waals surface area contributed by atoms with Crippen molar-refractivity contribution >= 4 is 22.9 Å². The van der Waals surface area contributed by atoms with Gasteiger partial charge in [0.05, 0.1) is 12.1 Å². The van der Waals surface area contributed by atoms with E-state index in [-0.39, 0.29) is 23.6 Å². The van der Waals surface area contributed by atoms with Crippen LogP contribution in [0.4, 0.5) is 0 Å². The second kappa shape index (κ2) is 5.93. The molecule has 2 aliphatic heterocycles. The number of nitrogens with zero attached hydrogens (tertiary/aromatic N) is 2. The molecule has 5 nitrogen and oxygen atoms in total. The zero-order valence-corrected chi connectivity index (χ0v) is 11.9. The molecule has 1 fully saturated rings. The summed E-state index contributed by atoms with van der Waals surface area (Å²) >= 11 is 1.68. The summed E-state index contributed by atoms with van der Waals surface area (Å²) in [4.78, 5) is 17.6. The predicted octanol–water partition coefficient (Wildman–Crippen LogP) is 1.48. The number of fused-ring (bicyclic) bond motifs is 1. The first-order valence-electron chi connectivity index (χ1n) is 6.34. The molecule has 0 bridgehead atoms. The average molecular weight is 272 g/mol. The summed E-state index contributed by atoms with van der Waals surface area (Å²) in [6.07, 6.45) is 1.93. The standard InChI is InChI=1S/C12H20N2O3S/c1-4-14(3)12-13-10-6-5-9(7-16-8(2)15)17-11(10)18-12/h9-11H,4-7H2,1-3H3/t9-,10-,11-/m1/s1. The molecule has 0 unspecified atom stereocenters. The van der Waals surface area contributed by atoms with Gasteiger partial charge in [-0.15, -0.1) is 0 Å². The van der Waals surface area contributed by atoms with Crippen LogP contribution in [0.2, 0.25) is 0 Å². The molecule has 0 amide bonds. The van der Waals surface area contributed by atoms with Gasteiger partial charge in [-0.3, -0.25) is 9.79 Å². The van der Waals surface area contributed by atoms with Gasteiger partial charge in [0, 0.05) is 20.5 Å². The molecule has 0 radical (unpaired) electrons. The minimum Gasteiger partial charge on any atom is -0.463 e. The van der Waals surface area contributed by atoms with E-state index in [9.17, 15) is 4.79 Å². The van der Waals surface area contributed by atoms with Crippen molar-refractivity contribution in [3.8, 4) is 0 Å². The van der Waals surface area contributed by atoms with Crippen LogP contribution in [-0.4, -0.2) is 53.8 Å². The molecule has 2 heterocycles. The van der Waals surface area contributed by atoms with Gasteiger partial charge in [0.15, 0.2) is 5.17 Å². The van der Waals surface area contributed by atoms with Gasteiger partial charge >= 0.3 is 5.97 Å².